The zero-order valence-corrected chi connectivity index (χ0v) is 21.9. The molecule has 196 valence electrons. The Labute approximate surface area is 220 Å². The van der Waals surface area contributed by atoms with Gasteiger partial charge in [0.25, 0.3) is 5.91 Å². The van der Waals surface area contributed by atoms with Crippen LogP contribution in [0.1, 0.15) is 25.8 Å². The molecule has 1 saturated heterocycles. The summed E-state index contributed by atoms with van der Waals surface area (Å²) in [5.74, 6) is -0.684. The molecule has 3 N–H and O–H groups in total. The number of pyridine rings is 1. The smallest absolute Gasteiger partial charge is 0.256 e. The molecule has 2 aliphatic heterocycles. The lowest BCUT2D eigenvalue weighted by Crippen LogP contribution is -2.62. The van der Waals surface area contributed by atoms with Crippen molar-refractivity contribution in [2.24, 2.45) is 16.3 Å². The van der Waals surface area contributed by atoms with Crippen molar-refractivity contribution in [3.05, 3.63) is 59.4 Å². The van der Waals surface area contributed by atoms with Crippen LogP contribution in [-0.2, 0) is 20.8 Å². The monoisotopic (exact) mass is 526 g/mol. The quantitative estimate of drug-likeness (QED) is 0.537. The third kappa shape index (κ3) is 5.75. The van der Waals surface area contributed by atoms with Gasteiger partial charge in [0, 0.05) is 38.8 Å². The minimum absolute atomic E-state index is 0.139. The lowest BCUT2D eigenvalue weighted by atomic mass is 9.73. The largest absolute Gasteiger partial charge is 0.489 e. The summed E-state index contributed by atoms with van der Waals surface area (Å²) in [5, 5.41) is 8.95. The summed E-state index contributed by atoms with van der Waals surface area (Å²) in [6.45, 7) is 3.43. The van der Waals surface area contributed by atoms with Crippen molar-refractivity contribution in [3.63, 3.8) is 0 Å². The van der Waals surface area contributed by atoms with E-state index >= 15 is 0 Å². The zero-order valence-electron chi connectivity index (χ0n) is 21.1. The first kappa shape index (κ1) is 26.6. The highest BCUT2D eigenvalue weighted by Gasteiger charge is 2.54. The molecule has 11 heteroatoms. The van der Waals surface area contributed by atoms with Gasteiger partial charge in [-0.05, 0) is 25.8 Å². The molecule has 0 aliphatic carbocycles. The van der Waals surface area contributed by atoms with Crippen molar-refractivity contribution in [2.45, 2.75) is 38.3 Å². The van der Waals surface area contributed by atoms with Gasteiger partial charge in [-0.2, -0.15) is 5.10 Å². The number of halogens is 1. The van der Waals surface area contributed by atoms with Crippen LogP contribution < -0.4 is 15.8 Å². The fourth-order valence-corrected chi connectivity index (χ4v) is 4.77. The van der Waals surface area contributed by atoms with Crippen molar-refractivity contribution in [1.29, 1.82) is 0 Å². The molecule has 37 heavy (non-hydrogen) atoms. The van der Waals surface area contributed by atoms with Crippen molar-refractivity contribution < 1.29 is 19.1 Å². The van der Waals surface area contributed by atoms with Crippen molar-refractivity contribution in [1.82, 2.24) is 20.2 Å². The molecule has 10 nitrogen and oxygen atoms in total. The van der Waals surface area contributed by atoms with Gasteiger partial charge in [-0.25, -0.2) is 5.01 Å². The highest BCUT2D eigenvalue weighted by molar-refractivity contribution is 6.30. The average Bonchev–Trinajstić information content (AvgIpc) is 3.10. The molecule has 2 aromatic rings. The van der Waals surface area contributed by atoms with Crippen molar-refractivity contribution in [3.8, 4) is 5.75 Å². The molecule has 0 bridgehead atoms. The fraction of sp³-hybridized carbons (Fsp3) is 0.423. The molecular weight excluding hydrogens is 496 g/mol. The summed E-state index contributed by atoms with van der Waals surface area (Å²) in [7, 11) is 1.63. The van der Waals surface area contributed by atoms with E-state index in [1.807, 2.05) is 30.3 Å². The second kappa shape index (κ2) is 10.5. The van der Waals surface area contributed by atoms with Crippen LogP contribution in [0.25, 0.3) is 0 Å². The second-order valence-corrected chi connectivity index (χ2v) is 10.5. The lowest BCUT2D eigenvalue weighted by Gasteiger charge is -2.40. The van der Waals surface area contributed by atoms with Crippen molar-refractivity contribution >= 4 is 35.0 Å². The van der Waals surface area contributed by atoms with Gasteiger partial charge in [-0.15, -0.1) is 0 Å². The summed E-state index contributed by atoms with van der Waals surface area (Å²) >= 11 is 6.00. The summed E-state index contributed by atoms with van der Waals surface area (Å²) in [6.07, 6.45) is 3.78. The number of hydrogen-bond donors (Lipinski definition) is 2. The first-order chi connectivity index (χ1) is 17.5. The maximum absolute atomic E-state index is 13.8. The Morgan fingerprint density at radius 2 is 2.00 bits per heavy atom. The van der Waals surface area contributed by atoms with Crippen LogP contribution in [0.4, 0.5) is 0 Å². The molecule has 0 saturated carbocycles. The number of ether oxygens (including phenoxy) is 1. The highest BCUT2D eigenvalue weighted by atomic mass is 35.5. The van der Waals surface area contributed by atoms with Gasteiger partial charge >= 0.3 is 0 Å². The van der Waals surface area contributed by atoms with Gasteiger partial charge < -0.3 is 20.7 Å². The van der Waals surface area contributed by atoms with Crippen LogP contribution in [0.15, 0.2) is 53.9 Å². The maximum atomic E-state index is 13.8. The maximum Gasteiger partial charge on any atom is 0.256 e. The Hall–Kier alpha value is -3.50. The predicted molar refractivity (Wildman–Crippen MR) is 139 cm³/mol. The lowest BCUT2D eigenvalue weighted by molar-refractivity contribution is -0.143. The van der Waals surface area contributed by atoms with E-state index in [1.165, 1.54) is 17.4 Å². The molecule has 0 unspecified atom stereocenters. The number of likely N-dealkylation sites (tertiary alicyclic amines) is 1. The number of hydrazone groups is 1. The van der Waals surface area contributed by atoms with Crippen molar-refractivity contribution in [2.75, 3.05) is 26.7 Å². The second-order valence-electron chi connectivity index (χ2n) is 10.0. The van der Waals surface area contributed by atoms with Crippen LogP contribution in [0, 0.1) is 5.41 Å². The molecule has 4 rings (SSSR count). The van der Waals surface area contributed by atoms with E-state index in [-0.39, 0.29) is 25.0 Å². The Morgan fingerprint density at radius 3 is 2.68 bits per heavy atom. The number of amides is 3. The van der Waals surface area contributed by atoms with Gasteiger partial charge in [0.2, 0.25) is 11.8 Å². The minimum Gasteiger partial charge on any atom is -0.489 e. The Balaban J connectivity index is 1.58. The van der Waals surface area contributed by atoms with Crippen LogP contribution >= 0.6 is 11.6 Å². The molecule has 0 radical (unpaired) electrons. The molecule has 3 amide bonds. The average molecular weight is 527 g/mol. The number of benzene rings is 1. The van der Waals surface area contributed by atoms with E-state index in [0.717, 1.165) is 11.3 Å². The van der Waals surface area contributed by atoms with Crippen LogP contribution in [0.5, 0.6) is 5.75 Å². The summed E-state index contributed by atoms with van der Waals surface area (Å²) in [4.78, 5) is 45.5. The molecule has 2 aliphatic rings. The first-order valence-electron chi connectivity index (χ1n) is 12.0. The fourth-order valence-electron chi connectivity index (χ4n) is 4.61. The Morgan fingerprint density at radius 1 is 1.27 bits per heavy atom. The van der Waals surface area contributed by atoms with Gasteiger partial charge in [-0.1, -0.05) is 41.9 Å². The zero-order chi connectivity index (χ0) is 26.8. The van der Waals surface area contributed by atoms with E-state index in [1.54, 1.807) is 31.9 Å². The normalized spacial score (nSPS) is 20.2. The summed E-state index contributed by atoms with van der Waals surface area (Å²) in [6, 6.07) is 10.2. The standard InChI is InChI=1S/C26H31ClN6O4/c1-25(2,28)23(35)30-20(15-37-19-11-18(27)13-29-14-19)22(34)33-10-9-21-26(16-33,24(36)32(3)31-21)12-17-7-5-4-6-8-17/h4-8,11,13-14,20H,9-10,12,15-16,28H2,1-3H3,(H,30,35)/t20-,26-/m1/s1. The highest BCUT2D eigenvalue weighted by Crippen LogP contribution is 2.38. The number of hydrogen-bond acceptors (Lipinski definition) is 7. The molecule has 1 fully saturated rings. The minimum atomic E-state index is -1.21. The number of carbonyl (C=O) groups excluding carboxylic acids is 3. The predicted octanol–water partition coefficient (Wildman–Crippen LogP) is 1.63. The number of nitrogens with one attached hydrogen (secondary N) is 1. The number of nitrogens with two attached hydrogens (primary N) is 1. The number of piperidine rings is 1. The van der Waals surface area contributed by atoms with Crippen LogP contribution in [-0.4, -0.2) is 76.7 Å². The third-order valence-electron chi connectivity index (χ3n) is 6.55. The number of fused-ring (bicyclic) bond motifs is 1. The molecular formula is C26H31ClN6O4. The Bertz CT molecular complexity index is 1220. The SMILES string of the molecule is CN1N=C2CCN(C(=O)[C@@H](COc3cncc(Cl)c3)NC(=O)C(C)(C)N)C[C@@]2(Cc2ccccc2)C1=O. The van der Waals surface area contributed by atoms with E-state index in [4.69, 9.17) is 22.1 Å². The molecule has 0 spiro atoms. The molecule has 1 aromatic heterocycles. The molecule has 2 atom stereocenters. The first-order valence-corrected chi connectivity index (χ1v) is 12.4. The number of aromatic nitrogens is 1. The van der Waals surface area contributed by atoms with Gasteiger partial charge in [0.15, 0.2) is 0 Å². The number of carbonyl (C=O) groups is 3. The van der Waals surface area contributed by atoms with E-state index in [2.05, 4.69) is 15.4 Å². The number of nitrogens with zero attached hydrogens (tertiary/aromatic N) is 4. The van der Waals surface area contributed by atoms with Gasteiger partial charge in [0.05, 0.1) is 22.5 Å². The summed E-state index contributed by atoms with van der Waals surface area (Å²) in [5.41, 5.74) is 5.53. The molecule has 1 aromatic carbocycles. The van der Waals surface area contributed by atoms with Gasteiger partial charge in [-0.3, -0.25) is 19.4 Å². The molecule has 3 heterocycles. The topological polar surface area (TPSA) is 130 Å². The van der Waals surface area contributed by atoms with E-state index in [0.29, 0.717) is 30.2 Å². The number of rotatable bonds is 8. The van der Waals surface area contributed by atoms with Crippen LogP contribution in [0.2, 0.25) is 5.02 Å². The Kier molecular flexibility index (Phi) is 7.52. The van der Waals surface area contributed by atoms with Crippen LogP contribution in [0.3, 0.4) is 0 Å². The van der Waals surface area contributed by atoms with Gasteiger partial charge in [0.1, 0.15) is 23.8 Å². The third-order valence-corrected chi connectivity index (χ3v) is 6.76. The van der Waals surface area contributed by atoms with E-state index < -0.39 is 22.9 Å². The summed E-state index contributed by atoms with van der Waals surface area (Å²) < 4.78 is 5.77. The van der Waals surface area contributed by atoms with E-state index in [9.17, 15) is 14.4 Å².